The van der Waals surface area contributed by atoms with Crippen molar-refractivity contribution in [1.29, 1.82) is 0 Å². The first-order valence-corrected chi connectivity index (χ1v) is 9.83. The molecule has 1 heterocycles. The molecule has 0 unspecified atom stereocenters. The average molecular weight is 365 g/mol. The van der Waals surface area contributed by atoms with Gasteiger partial charge in [-0.1, -0.05) is 42.1 Å². The van der Waals surface area contributed by atoms with Crippen LogP contribution >= 0.6 is 23.1 Å². The highest BCUT2D eigenvalue weighted by Crippen LogP contribution is 2.20. The maximum absolute atomic E-state index is 5.64. The second-order valence-corrected chi connectivity index (χ2v) is 7.20. The zero-order valence-electron chi connectivity index (χ0n) is 13.9. The lowest BCUT2D eigenvalue weighted by Crippen LogP contribution is -2.39. The molecular formula is C17H24N4OS2. The van der Waals surface area contributed by atoms with Gasteiger partial charge in [-0.3, -0.25) is 4.99 Å². The van der Waals surface area contributed by atoms with E-state index in [1.54, 1.807) is 30.1 Å². The van der Waals surface area contributed by atoms with Gasteiger partial charge in [0.15, 0.2) is 5.96 Å². The van der Waals surface area contributed by atoms with Crippen molar-refractivity contribution in [2.24, 2.45) is 4.99 Å². The molecule has 0 spiro atoms. The lowest BCUT2D eigenvalue weighted by atomic mass is 10.2. The lowest BCUT2D eigenvalue weighted by Gasteiger charge is -2.12. The van der Waals surface area contributed by atoms with Gasteiger partial charge in [-0.05, 0) is 12.0 Å². The zero-order chi connectivity index (χ0) is 16.9. The molecule has 7 heteroatoms. The topological polar surface area (TPSA) is 58.5 Å². The number of benzene rings is 1. The SMILES string of the molecule is CN=C(NCCCSc1nccs1)NCCOCc1ccccc1. The number of hydrogen-bond acceptors (Lipinski definition) is 5. The van der Waals surface area contributed by atoms with E-state index >= 15 is 0 Å². The molecule has 0 aliphatic heterocycles. The molecule has 24 heavy (non-hydrogen) atoms. The number of ether oxygens (including phenoxy) is 1. The lowest BCUT2D eigenvalue weighted by molar-refractivity contribution is 0.125. The molecule has 5 nitrogen and oxygen atoms in total. The Bertz CT molecular complexity index is 576. The van der Waals surface area contributed by atoms with Gasteiger partial charge in [0.25, 0.3) is 0 Å². The molecule has 130 valence electrons. The third kappa shape index (κ3) is 7.81. The van der Waals surface area contributed by atoms with Crippen LogP contribution in [0, 0.1) is 0 Å². The van der Waals surface area contributed by atoms with Gasteiger partial charge < -0.3 is 15.4 Å². The maximum atomic E-state index is 5.64. The molecule has 0 fully saturated rings. The van der Waals surface area contributed by atoms with Gasteiger partial charge >= 0.3 is 0 Å². The molecule has 0 aliphatic rings. The Morgan fingerprint density at radius 1 is 1.25 bits per heavy atom. The van der Waals surface area contributed by atoms with E-state index in [4.69, 9.17) is 4.74 Å². The highest BCUT2D eigenvalue weighted by atomic mass is 32.2. The van der Waals surface area contributed by atoms with Crippen LogP contribution in [0.2, 0.25) is 0 Å². The third-order valence-corrected chi connectivity index (χ3v) is 5.17. The quantitative estimate of drug-likeness (QED) is 0.294. The first-order valence-electron chi connectivity index (χ1n) is 7.97. The van der Waals surface area contributed by atoms with Gasteiger partial charge in [0.2, 0.25) is 0 Å². The Morgan fingerprint density at radius 2 is 2.08 bits per heavy atom. The van der Waals surface area contributed by atoms with Crippen LogP contribution in [0.25, 0.3) is 0 Å². The molecule has 0 amide bonds. The van der Waals surface area contributed by atoms with Crippen molar-refractivity contribution in [3.05, 3.63) is 47.5 Å². The standard InChI is InChI=1S/C17H24N4OS2/c1-18-16(19-8-5-12-23-17-21-10-13-24-17)20-9-11-22-14-15-6-3-2-4-7-15/h2-4,6-7,10,13H,5,8-9,11-12,14H2,1H3,(H2,18,19,20). The molecule has 1 aromatic heterocycles. The normalized spacial score (nSPS) is 11.5. The van der Waals surface area contributed by atoms with E-state index in [1.165, 1.54) is 5.56 Å². The van der Waals surface area contributed by atoms with E-state index in [9.17, 15) is 0 Å². The Morgan fingerprint density at radius 3 is 2.83 bits per heavy atom. The van der Waals surface area contributed by atoms with Crippen molar-refractivity contribution in [1.82, 2.24) is 15.6 Å². The summed E-state index contributed by atoms with van der Waals surface area (Å²) in [5.41, 5.74) is 1.19. The number of nitrogens with zero attached hydrogens (tertiary/aromatic N) is 2. The molecule has 2 aromatic rings. The fraction of sp³-hybridized carbons (Fsp3) is 0.412. The van der Waals surface area contributed by atoms with Crippen molar-refractivity contribution in [3.63, 3.8) is 0 Å². The van der Waals surface area contributed by atoms with Gasteiger partial charge in [-0.15, -0.1) is 11.3 Å². The second-order valence-electron chi connectivity index (χ2n) is 4.96. The summed E-state index contributed by atoms with van der Waals surface area (Å²) in [4.78, 5) is 8.47. The molecule has 0 saturated carbocycles. The van der Waals surface area contributed by atoms with E-state index in [1.807, 2.05) is 29.8 Å². The predicted molar refractivity (Wildman–Crippen MR) is 103 cm³/mol. The van der Waals surface area contributed by atoms with Gasteiger partial charge in [-0.25, -0.2) is 4.98 Å². The molecule has 1 aromatic carbocycles. The third-order valence-electron chi connectivity index (χ3n) is 3.12. The maximum Gasteiger partial charge on any atom is 0.191 e. The van der Waals surface area contributed by atoms with Crippen LogP contribution in [-0.4, -0.2) is 43.4 Å². The minimum Gasteiger partial charge on any atom is -0.375 e. The summed E-state index contributed by atoms with van der Waals surface area (Å²) in [5.74, 6) is 1.87. The van der Waals surface area contributed by atoms with Gasteiger partial charge in [0, 0.05) is 37.5 Å². The summed E-state index contributed by atoms with van der Waals surface area (Å²) in [5, 5.41) is 8.57. The van der Waals surface area contributed by atoms with Crippen LogP contribution in [0.3, 0.4) is 0 Å². The number of hydrogen-bond donors (Lipinski definition) is 2. The summed E-state index contributed by atoms with van der Waals surface area (Å²) < 4.78 is 6.78. The molecule has 0 saturated heterocycles. The Kier molecular flexibility index (Phi) is 9.29. The van der Waals surface area contributed by atoms with Crippen molar-refractivity contribution in [3.8, 4) is 0 Å². The minimum atomic E-state index is 0.641. The smallest absolute Gasteiger partial charge is 0.191 e. The molecule has 0 bridgehead atoms. The van der Waals surface area contributed by atoms with Gasteiger partial charge in [0.1, 0.15) is 4.34 Å². The fourth-order valence-electron chi connectivity index (χ4n) is 1.95. The molecular weight excluding hydrogens is 340 g/mol. The van der Waals surface area contributed by atoms with Crippen LogP contribution in [0.5, 0.6) is 0 Å². The number of aromatic nitrogens is 1. The largest absolute Gasteiger partial charge is 0.375 e. The summed E-state index contributed by atoms with van der Waals surface area (Å²) >= 11 is 3.48. The zero-order valence-corrected chi connectivity index (χ0v) is 15.5. The van der Waals surface area contributed by atoms with E-state index in [2.05, 4.69) is 32.7 Å². The Labute approximate surface area is 151 Å². The monoisotopic (exact) mass is 364 g/mol. The number of nitrogens with one attached hydrogen (secondary N) is 2. The Balaban J connectivity index is 1.48. The summed E-state index contributed by atoms with van der Waals surface area (Å²) in [7, 11) is 1.78. The number of guanidine groups is 1. The van der Waals surface area contributed by atoms with Crippen LogP contribution in [0.15, 0.2) is 51.2 Å². The van der Waals surface area contributed by atoms with E-state index in [0.717, 1.165) is 35.6 Å². The molecule has 0 aliphatic carbocycles. The van der Waals surface area contributed by atoms with Crippen LogP contribution in [0.1, 0.15) is 12.0 Å². The van der Waals surface area contributed by atoms with E-state index in [-0.39, 0.29) is 0 Å². The minimum absolute atomic E-state index is 0.641. The summed E-state index contributed by atoms with van der Waals surface area (Å²) in [6.45, 7) is 2.92. The first-order chi connectivity index (χ1) is 11.9. The number of aliphatic imine (C=N–C) groups is 1. The van der Waals surface area contributed by atoms with Crippen molar-refractivity contribution < 1.29 is 4.74 Å². The van der Waals surface area contributed by atoms with Crippen LogP contribution in [0.4, 0.5) is 0 Å². The van der Waals surface area contributed by atoms with E-state index < -0.39 is 0 Å². The van der Waals surface area contributed by atoms with Crippen molar-refractivity contribution >= 4 is 29.1 Å². The van der Waals surface area contributed by atoms with Crippen molar-refractivity contribution in [2.75, 3.05) is 32.5 Å². The predicted octanol–water partition coefficient (Wildman–Crippen LogP) is 3.01. The first kappa shape index (κ1) is 18.8. The number of rotatable bonds is 10. The molecule has 2 rings (SSSR count). The second kappa shape index (κ2) is 11.9. The van der Waals surface area contributed by atoms with E-state index in [0.29, 0.717) is 13.2 Å². The fourth-order valence-corrected chi connectivity index (χ4v) is 3.59. The average Bonchev–Trinajstić information content (AvgIpc) is 3.14. The van der Waals surface area contributed by atoms with Crippen molar-refractivity contribution in [2.45, 2.75) is 17.4 Å². The molecule has 0 radical (unpaired) electrons. The summed E-state index contributed by atoms with van der Waals surface area (Å²) in [6, 6.07) is 10.2. The van der Waals surface area contributed by atoms with Crippen LogP contribution < -0.4 is 10.6 Å². The van der Waals surface area contributed by atoms with Gasteiger partial charge in [-0.2, -0.15) is 0 Å². The highest BCUT2D eigenvalue weighted by Gasteiger charge is 1.99. The number of thioether (sulfide) groups is 1. The van der Waals surface area contributed by atoms with Crippen LogP contribution in [-0.2, 0) is 11.3 Å². The molecule has 0 atom stereocenters. The van der Waals surface area contributed by atoms with Gasteiger partial charge in [0.05, 0.1) is 13.2 Å². The Hall–Kier alpha value is -1.57. The summed E-state index contributed by atoms with van der Waals surface area (Å²) in [6.07, 6.45) is 2.91. The number of thiazole rings is 1. The molecule has 2 N–H and O–H groups in total. The highest BCUT2D eigenvalue weighted by molar-refractivity contribution is 8.00.